The topological polar surface area (TPSA) is 122 Å². The number of nitro groups is 1. The highest BCUT2D eigenvalue weighted by atomic mass is 16.6. The van der Waals surface area contributed by atoms with Gasteiger partial charge in [-0.25, -0.2) is 4.98 Å². The summed E-state index contributed by atoms with van der Waals surface area (Å²) in [5.41, 5.74) is 0.523. The van der Waals surface area contributed by atoms with Gasteiger partial charge in [-0.2, -0.15) is 5.10 Å². The van der Waals surface area contributed by atoms with Gasteiger partial charge in [-0.15, -0.1) is 0 Å². The van der Waals surface area contributed by atoms with Crippen LogP contribution in [0.25, 0.3) is 11.4 Å². The van der Waals surface area contributed by atoms with E-state index in [-0.39, 0.29) is 18.0 Å². The number of nitrogens with zero attached hydrogens (tertiary/aromatic N) is 3. The molecule has 10 nitrogen and oxygen atoms in total. The summed E-state index contributed by atoms with van der Waals surface area (Å²) in [6.45, 7) is -0.0116. The van der Waals surface area contributed by atoms with Gasteiger partial charge in [0.15, 0.2) is 28.9 Å². The molecule has 0 saturated carbocycles. The molecule has 0 saturated heterocycles. The average Bonchev–Trinajstić information content (AvgIpc) is 3.20. The number of hydrogen-bond acceptors (Lipinski definition) is 8. The number of rotatable bonds is 8. The summed E-state index contributed by atoms with van der Waals surface area (Å²) < 4.78 is 21.5. The van der Waals surface area contributed by atoms with Crippen molar-refractivity contribution in [3.05, 3.63) is 52.3 Å². The van der Waals surface area contributed by atoms with Crippen LogP contribution in [0, 0.1) is 10.1 Å². The molecule has 1 N–H and O–H groups in total. The summed E-state index contributed by atoms with van der Waals surface area (Å²) in [6.07, 6.45) is 0. The van der Waals surface area contributed by atoms with E-state index >= 15 is 0 Å². The highest BCUT2D eigenvalue weighted by Gasteiger charge is 2.18. The first-order valence-corrected chi connectivity index (χ1v) is 8.15. The van der Waals surface area contributed by atoms with Crippen LogP contribution < -0.4 is 18.9 Å². The second-order valence-corrected chi connectivity index (χ2v) is 5.53. The number of aromatic nitrogens is 3. The van der Waals surface area contributed by atoms with Crippen LogP contribution in [0.3, 0.4) is 0 Å². The van der Waals surface area contributed by atoms with Gasteiger partial charge in [0.1, 0.15) is 6.61 Å². The third-order valence-electron chi connectivity index (χ3n) is 3.88. The Labute approximate surface area is 160 Å². The third kappa shape index (κ3) is 3.80. The van der Waals surface area contributed by atoms with Crippen LogP contribution in [-0.4, -0.2) is 41.4 Å². The summed E-state index contributed by atoms with van der Waals surface area (Å²) in [5.74, 6) is 2.35. The predicted molar refractivity (Wildman–Crippen MR) is 98.9 cm³/mol. The highest BCUT2D eigenvalue weighted by molar-refractivity contribution is 5.66. The summed E-state index contributed by atoms with van der Waals surface area (Å²) in [5, 5.41) is 18.0. The van der Waals surface area contributed by atoms with Gasteiger partial charge in [0.2, 0.25) is 5.75 Å². The van der Waals surface area contributed by atoms with Crippen molar-refractivity contribution in [2.75, 3.05) is 21.3 Å². The fourth-order valence-electron chi connectivity index (χ4n) is 2.58. The van der Waals surface area contributed by atoms with Crippen molar-refractivity contribution in [2.45, 2.75) is 6.61 Å². The molecule has 2 aromatic carbocycles. The zero-order valence-electron chi connectivity index (χ0n) is 15.5. The van der Waals surface area contributed by atoms with Crippen LogP contribution in [0.15, 0.2) is 36.4 Å². The van der Waals surface area contributed by atoms with Crippen LogP contribution in [0.4, 0.5) is 5.69 Å². The Morgan fingerprint density at radius 1 is 1.04 bits per heavy atom. The Balaban J connectivity index is 1.82. The van der Waals surface area contributed by atoms with Crippen molar-refractivity contribution in [3.63, 3.8) is 0 Å². The highest BCUT2D eigenvalue weighted by Crippen LogP contribution is 2.40. The van der Waals surface area contributed by atoms with Crippen molar-refractivity contribution < 1.29 is 23.9 Å². The summed E-state index contributed by atoms with van der Waals surface area (Å²) in [6, 6.07) is 9.56. The Kier molecular flexibility index (Phi) is 5.58. The number of H-pyrrole nitrogens is 1. The Hall–Kier alpha value is -3.82. The predicted octanol–water partition coefficient (Wildman–Crippen LogP) is 2.98. The van der Waals surface area contributed by atoms with Crippen LogP contribution >= 0.6 is 0 Å². The summed E-state index contributed by atoms with van der Waals surface area (Å²) >= 11 is 0. The van der Waals surface area contributed by atoms with Gasteiger partial charge in [-0.1, -0.05) is 12.1 Å². The lowest BCUT2D eigenvalue weighted by Gasteiger charge is -2.12. The first-order chi connectivity index (χ1) is 13.6. The molecule has 0 aliphatic carbocycles. The van der Waals surface area contributed by atoms with Crippen molar-refractivity contribution in [2.24, 2.45) is 0 Å². The molecule has 1 aromatic heterocycles. The second-order valence-electron chi connectivity index (χ2n) is 5.53. The minimum atomic E-state index is -0.503. The lowest BCUT2D eigenvalue weighted by Crippen LogP contribution is -2.00. The largest absolute Gasteiger partial charge is 0.493 e. The molecule has 0 radical (unpaired) electrons. The summed E-state index contributed by atoms with van der Waals surface area (Å²) in [7, 11) is 4.56. The second kappa shape index (κ2) is 8.25. The molecule has 0 bridgehead atoms. The normalized spacial score (nSPS) is 10.4. The van der Waals surface area contributed by atoms with Gasteiger partial charge in [-0.3, -0.25) is 15.2 Å². The van der Waals surface area contributed by atoms with E-state index in [0.717, 1.165) is 0 Å². The van der Waals surface area contributed by atoms with Crippen LogP contribution in [0.2, 0.25) is 0 Å². The van der Waals surface area contributed by atoms with E-state index in [0.29, 0.717) is 34.5 Å². The fourth-order valence-corrected chi connectivity index (χ4v) is 2.58. The molecule has 146 valence electrons. The van der Waals surface area contributed by atoms with Crippen LogP contribution in [0.1, 0.15) is 5.82 Å². The van der Waals surface area contributed by atoms with Gasteiger partial charge < -0.3 is 18.9 Å². The molecule has 0 aliphatic heterocycles. The quantitative estimate of drug-likeness (QED) is 0.463. The lowest BCUT2D eigenvalue weighted by atomic mass is 10.1. The average molecular weight is 386 g/mol. The minimum absolute atomic E-state index is 0.0116. The number of aromatic amines is 1. The van der Waals surface area contributed by atoms with Crippen molar-refractivity contribution in [1.82, 2.24) is 15.2 Å². The molecule has 3 rings (SSSR count). The van der Waals surface area contributed by atoms with E-state index in [4.69, 9.17) is 18.9 Å². The number of hydrogen-bond donors (Lipinski definition) is 1. The van der Waals surface area contributed by atoms with E-state index in [1.807, 2.05) is 0 Å². The van der Waals surface area contributed by atoms with Gasteiger partial charge in [0.25, 0.3) is 0 Å². The third-order valence-corrected chi connectivity index (χ3v) is 3.88. The molecule has 1 heterocycles. The van der Waals surface area contributed by atoms with Gasteiger partial charge in [0.05, 0.1) is 26.3 Å². The molecular weight excluding hydrogens is 368 g/mol. The Morgan fingerprint density at radius 3 is 2.32 bits per heavy atom. The Morgan fingerprint density at radius 2 is 1.71 bits per heavy atom. The number of ether oxygens (including phenoxy) is 4. The number of benzene rings is 2. The van der Waals surface area contributed by atoms with Crippen molar-refractivity contribution >= 4 is 5.69 Å². The van der Waals surface area contributed by atoms with E-state index in [1.54, 1.807) is 24.3 Å². The molecule has 0 unspecified atom stereocenters. The van der Waals surface area contributed by atoms with Crippen LogP contribution in [0.5, 0.6) is 23.0 Å². The molecule has 3 aromatic rings. The van der Waals surface area contributed by atoms with Gasteiger partial charge in [-0.05, 0) is 18.2 Å². The Bertz CT molecular complexity index is 963. The fraction of sp³-hybridized carbons (Fsp3) is 0.222. The van der Waals surface area contributed by atoms with E-state index in [2.05, 4.69) is 15.2 Å². The molecule has 0 atom stereocenters. The first kappa shape index (κ1) is 19.0. The van der Waals surface area contributed by atoms with Crippen molar-refractivity contribution in [1.29, 1.82) is 0 Å². The van der Waals surface area contributed by atoms with Gasteiger partial charge >= 0.3 is 5.69 Å². The molecule has 0 aliphatic rings. The number of methoxy groups -OCH3 is 3. The number of nitro benzene ring substituents is 1. The van der Waals surface area contributed by atoms with E-state index in [9.17, 15) is 10.1 Å². The molecular formula is C18H18N4O6. The number of nitrogens with one attached hydrogen (secondary N) is 1. The molecule has 0 spiro atoms. The molecule has 0 amide bonds. The number of para-hydroxylation sites is 2. The maximum absolute atomic E-state index is 11.1. The first-order valence-electron chi connectivity index (χ1n) is 8.15. The zero-order chi connectivity index (χ0) is 20.1. The lowest BCUT2D eigenvalue weighted by molar-refractivity contribution is -0.385. The smallest absolute Gasteiger partial charge is 0.310 e. The maximum Gasteiger partial charge on any atom is 0.310 e. The monoisotopic (exact) mass is 386 g/mol. The van der Waals surface area contributed by atoms with Gasteiger partial charge in [0, 0.05) is 11.6 Å². The minimum Gasteiger partial charge on any atom is -0.493 e. The zero-order valence-corrected chi connectivity index (χ0v) is 15.5. The van der Waals surface area contributed by atoms with E-state index in [1.165, 1.54) is 33.5 Å². The molecule has 0 fully saturated rings. The summed E-state index contributed by atoms with van der Waals surface area (Å²) in [4.78, 5) is 14.9. The molecule has 10 heteroatoms. The van der Waals surface area contributed by atoms with Crippen LogP contribution in [-0.2, 0) is 6.61 Å². The van der Waals surface area contributed by atoms with Crippen molar-refractivity contribution in [3.8, 4) is 34.4 Å². The standard InChI is InChI=1S/C18H18N4O6/c1-25-14-8-11(9-15(26-2)17(14)27-3)18-19-16(20-21-18)10-28-13-7-5-4-6-12(13)22(23)24/h4-9H,10H2,1-3H3,(H,19,20,21). The van der Waals surface area contributed by atoms with E-state index < -0.39 is 4.92 Å². The molecule has 28 heavy (non-hydrogen) atoms. The SMILES string of the molecule is COc1cc(-c2n[nH]c(COc3ccccc3[N+](=O)[O-])n2)cc(OC)c1OC. The maximum atomic E-state index is 11.1.